The van der Waals surface area contributed by atoms with Crippen LogP contribution in [0.1, 0.15) is 33.1 Å². The maximum absolute atomic E-state index is 11.7. The zero-order valence-electron chi connectivity index (χ0n) is 11.2. The molecule has 1 aliphatic heterocycles. The molecule has 0 radical (unpaired) electrons. The van der Waals surface area contributed by atoms with Gasteiger partial charge in [0.05, 0.1) is 5.75 Å². The summed E-state index contributed by atoms with van der Waals surface area (Å²) in [4.78, 5) is 11.7. The van der Waals surface area contributed by atoms with E-state index in [9.17, 15) is 13.2 Å². The molecule has 1 rings (SSSR count). The van der Waals surface area contributed by atoms with Crippen molar-refractivity contribution in [1.82, 2.24) is 10.6 Å². The Morgan fingerprint density at radius 2 is 2.22 bits per heavy atom. The molecule has 106 valence electrons. The van der Waals surface area contributed by atoms with Gasteiger partial charge in [-0.1, -0.05) is 6.92 Å². The van der Waals surface area contributed by atoms with Crippen LogP contribution in [0, 0.1) is 5.92 Å². The van der Waals surface area contributed by atoms with E-state index >= 15 is 0 Å². The fraction of sp³-hybridized carbons (Fsp3) is 0.917. The molecule has 2 atom stereocenters. The van der Waals surface area contributed by atoms with Crippen molar-refractivity contribution in [2.75, 3.05) is 24.6 Å². The van der Waals surface area contributed by atoms with Crippen LogP contribution in [-0.2, 0) is 14.6 Å². The van der Waals surface area contributed by atoms with E-state index in [0.717, 1.165) is 25.9 Å². The first-order valence-electron chi connectivity index (χ1n) is 6.63. The first-order valence-corrected chi connectivity index (χ1v) is 8.45. The van der Waals surface area contributed by atoms with E-state index < -0.39 is 9.84 Å². The van der Waals surface area contributed by atoms with Crippen LogP contribution in [0.15, 0.2) is 0 Å². The number of carbonyl (C=O) groups is 1. The van der Waals surface area contributed by atoms with Gasteiger partial charge in [-0.3, -0.25) is 4.79 Å². The number of sulfone groups is 1. The fourth-order valence-corrected chi connectivity index (χ4v) is 3.26. The molecular formula is C12H24N2O3S. The normalized spacial score (nSPS) is 21.8. The van der Waals surface area contributed by atoms with Crippen LogP contribution in [-0.4, -0.2) is 45.0 Å². The van der Waals surface area contributed by atoms with Crippen LogP contribution >= 0.6 is 0 Å². The highest BCUT2D eigenvalue weighted by Gasteiger charge is 2.18. The lowest BCUT2D eigenvalue weighted by molar-refractivity contribution is -0.121. The van der Waals surface area contributed by atoms with Crippen molar-refractivity contribution >= 4 is 15.7 Å². The molecule has 2 unspecified atom stereocenters. The molecule has 1 fully saturated rings. The van der Waals surface area contributed by atoms with E-state index in [1.165, 1.54) is 0 Å². The number of amides is 1. The molecule has 18 heavy (non-hydrogen) atoms. The van der Waals surface area contributed by atoms with Gasteiger partial charge in [-0.15, -0.1) is 0 Å². The average Bonchev–Trinajstić information content (AvgIpc) is 2.78. The Labute approximate surface area is 110 Å². The second-order valence-electron chi connectivity index (χ2n) is 5.06. The highest BCUT2D eigenvalue weighted by molar-refractivity contribution is 7.91. The van der Waals surface area contributed by atoms with Crippen LogP contribution < -0.4 is 10.6 Å². The molecule has 0 bridgehead atoms. The topological polar surface area (TPSA) is 75.3 Å². The Morgan fingerprint density at radius 3 is 2.78 bits per heavy atom. The van der Waals surface area contributed by atoms with Crippen molar-refractivity contribution < 1.29 is 13.2 Å². The number of rotatable bonds is 7. The molecular weight excluding hydrogens is 252 g/mol. The van der Waals surface area contributed by atoms with Gasteiger partial charge in [-0.25, -0.2) is 8.42 Å². The van der Waals surface area contributed by atoms with Crippen molar-refractivity contribution in [1.29, 1.82) is 0 Å². The van der Waals surface area contributed by atoms with E-state index in [1.807, 2.05) is 0 Å². The smallest absolute Gasteiger partial charge is 0.220 e. The molecule has 1 amide bonds. The number of carbonyl (C=O) groups excluding carboxylic acids is 1. The van der Waals surface area contributed by atoms with Crippen LogP contribution in [0.2, 0.25) is 0 Å². The quantitative estimate of drug-likeness (QED) is 0.702. The third-order valence-electron chi connectivity index (χ3n) is 3.29. The molecule has 0 spiro atoms. The molecule has 0 aromatic carbocycles. The van der Waals surface area contributed by atoms with E-state index in [2.05, 4.69) is 10.6 Å². The first-order chi connectivity index (χ1) is 8.43. The molecule has 1 saturated heterocycles. The third-order valence-corrected chi connectivity index (χ3v) is 5.18. The Bertz CT molecular complexity index is 362. The zero-order valence-corrected chi connectivity index (χ0v) is 12.1. The Kier molecular flexibility index (Phi) is 6.08. The Hall–Kier alpha value is -0.620. The summed E-state index contributed by atoms with van der Waals surface area (Å²) in [6.45, 7) is 5.39. The fourth-order valence-electron chi connectivity index (χ4n) is 2.18. The monoisotopic (exact) mass is 276 g/mol. The third kappa shape index (κ3) is 5.82. The van der Waals surface area contributed by atoms with Crippen molar-refractivity contribution in [2.45, 2.75) is 39.2 Å². The van der Waals surface area contributed by atoms with Gasteiger partial charge >= 0.3 is 0 Å². The second-order valence-corrected chi connectivity index (χ2v) is 7.46. The van der Waals surface area contributed by atoms with Crippen LogP contribution in [0.25, 0.3) is 0 Å². The molecule has 0 aromatic rings. The SMILES string of the molecule is CCS(=O)(=O)CC(C)NC(=O)CCC1CCNC1. The predicted molar refractivity (Wildman–Crippen MR) is 72.1 cm³/mol. The van der Waals surface area contributed by atoms with Gasteiger partial charge in [0.25, 0.3) is 0 Å². The number of hydrogen-bond donors (Lipinski definition) is 2. The minimum absolute atomic E-state index is 0.0280. The number of hydrogen-bond acceptors (Lipinski definition) is 4. The summed E-state index contributed by atoms with van der Waals surface area (Å²) in [7, 11) is -3.02. The molecule has 0 aromatic heterocycles. The van der Waals surface area contributed by atoms with Crippen LogP contribution in [0.5, 0.6) is 0 Å². The maximum atomic E-state index is 11.7. The van der Waals surface area contributed by atoms with E-state index in [4.69, 9.17) is 0 Å². The van der Waals surface area contributed by atoms with Gasteiger partial charge in [-0.05, 0) is 38.8 Å². The minimum Gasteiger partial charge on any atom is -0.353 e. The van der Waals surface area contributed by atoms with Gasteiger partial charge in [0.1, 0.15) is 0 Å². The van der Waals surface area contributed by atoms with Crippen molar-refractivity contribution in [3.63, 3.8) is 0 Å². The summed E-state index contributed by atoms with van der Waals surface area (Å²) < 4.78 is 22.8. The summed E-state index contributed by atoms with van der Waals surface area (Å²) in [5, 5.41) is 6.02. The summed E-state index contributed by atoms with van der Waals surface area (Å²) in [6.07, 6.45) is 2.50. The lowest BCUT2D eigenvalue weighted by Gasteiger charge is -2.14. The van der Waals surface area contributed by atoms with E-state index in [-0.39, 0.29) is 23.5 Å². The lowest BCUT2D eigenvalue weighted by Crippen LogP contribution is -2.38. The maximum Gasteiger partial charge on any atom is 0.220 e. The molecule has 0 saturated carbocycles. The van der Waals surface area contributed by atoms with Gasteiger partial charge in [-0.2, -0.15) is 0 Å². The molecule has 1 aliphatic rings. The summed E-state index contributed by atoms with van der Waals surface area (Å²) >= 11 is 0. The Balaban J connectivity index is 2.22. The first kappa shape index (κ1) is 15.4. The highest BCUT2D eigenvalue weighted by atomic mass is 32.2. The van der Waals surface area contributed by atoms with Crippen molar-refractivity contribution in [2.24, 2.45) is 5.92 Å². The standard InChI is InChI=1S/C12H24N2O3S/c1-3-18(16,17)9-10(2)14-12(15)5-4-11-6-7-13-8-11/h10-11,13H,3-9H2,1-2H3,(H,14,15). The largest absolute Gasteiger partial charge is 0.353 e. The molecule has 0 aliphatic carbocycles. The van der Waals surface area contributed by atoms with Crippen molar-refractivity contribution in [3.8, 4) is 0 Å². The van der Waals surface area contributed by atoms with Crippen molar-refractivity contribution in [3.05, 3.63) is 0 Å². The summed E-state index contributed by atoms with van der Waals surface area (Å²) in [5.74, 6) is 0.701. The molecule has 5 nitrogen and oxygen atoms in total. The van der Waals surface area contributed by atoms with Crippen LogP contribution in [0.3, 0.4) is 0 Å². The van der Waals surface area contributed by atoms with E-state index in [0.29, 0.717) is 12.3 Å². The lowest BCUT2D eigenvalue weighted by atomic mass is 10.0. The zero-order chi connectivity index (χ0) is 13.6. The van der Waals surface area contributed by atoms with Crippen LogP contribution in [0.4, 0.5) is 0 Å². The molecule has 2 N–H and O–H groups in total. The Morgan fingerprint density at radius 1 is 1.50 bits per heavy atom. The second kappa shape index (κ2) is 7.09. The average molecular weight is 276 g/mol. The van der Waals surface area contributed by atoms with Gasteiger partial charge < -0.3 is 10.6 Å². The minimum atomic E-state index is -3.02. The van der Waals surface area contributed by atoms with Gasteiger partial charge in [0.15, 0.2) is 9.84 Å². The molecule has 6 heteroatoms. The summed E-state index contributed by atoms with van der Waals surface area (Å²) in [6, 6.07) is -0.302. The number of nitrogens with one attached hydrogen (secondary N) is 2. The molecule has 1 heterocycles. The van der Waals surface area contributed by atoms with Gasteiger partial charge in [0.2, 0.25) is 5.91 Å². The summed E-state index contributed by atoms with van der Waals surface area (Å²) in [5.41, 5.74) is 0. The highest BCUT2D eigenvalue weighted by Crippen LogP contribution is 2.14. The van der Waals surface area contributed by atoms with Gasteiger partial charge in [0, 0.05) is 18.2 Å². The predicted octanol–water partition coefficient (Wildman–Crippen LogP) is 0.316. The van der Waals surface area contributed by atoms with E-state index in [1.54, 1.807) is 13.8 Å².